The molecule has 0 bridgehead atoms. The molecule has 0 amide bonds. The van der Waals surface area contributed by atoms with Crippen LogP contribution in [0.15, 0.2) is 66.9 Å². The van der Waals surface area contributed by atoms with Crippen LogP contribution in [0.4, 0.5) is 17.5 Å². The molecule has 3 aromatic rings. The molecule has 0 aliphatic carbocycles. The lowest BCUT2D eigenvalue weighted by Gasteiger charge is -2.19. The highest BCUT2D eigenvalue weighted by atomic mass is 16.3. The van der Waals surface area contributed by atoms with Gasteiger partial charge in [0.1, 0.15) is 5.82 Å². The molecular weight excluding hydrogens is 300 g/mol. The summed E-state index contributed by atoms with van der Waals surface area (Å²) in [6.45, 7) is 2.01. The van der Waals surface area contributed by atoms with Crippen LogP contribution in [0.25, 0.3) is 0 Å². The zero-order valence-corrected chi connectivity index (χ0v) is 13.5. The maximum absolute atomic E-state index is 9.75. The highest BCUT2D eigenvalue weighted by molar-refractivity contribution is 5.54. The molecule has 5 nitrogen and oxygen atoms in total. The number of rotatable bonds is 6. The first-order valence-corrected chi connectivity index (χ1v) is 7.84. The Hall–Kier alpha value is -2.92. The summed E-state index contributed by atoms with van der Waals surface area (Å²) >= 11 is 0. The third kappa shape index (κ3) is 3.88. The van der Waals surface area contributed by atoms with Gasteiger partial charge < -0.3 is 15.7 Å². The van der Waals surface area contributed by atoms with E-state index in [1.54, 1.807) is 12.3 Å². The lowest BCUT2D eigenvalue weighted by Crippen LogP contribution is -2.17. The minimum Gasteiger partial charge on any atom is -0.394 e. The SMILES string of the molecule is Cc1ccccc1C(CO)Nc1ccnc(Nc2ccccc2)n1. The monoisotopic (exact) mass is 320 g/mol. The molecule has 2 aromatic carbocycles. The molecule has 0 radical (unpaired) electrons. The molecule has 24 heavy (non-hydrogen) atoms. The smallest absolute Gasteiger partial charge is 0.229 e. The largest absolute Gasteiger partial charge is 0.394 e. The van der Waals surface area contributed by atoms with Crippen LogP contribution in [0, 0.1) is 6.92 Å². The van der Waals surface area contributed by atoms with E-state index < -0.39 is 0 Å². The third-order valence-corrected chi connectivity index (χ3v) is 3.75. The van der Waals surface area contributed by atoms with Gasteiger partial charge in [-0.2, -0.15) is 4.98 Å². The van der Waals surface area contributed by atoms with Crippen molar-refractivity contribution in [3.63, 3.8) is 0 Å². The number of anilines is 3. The zero-order valence-electron chi connectivity index (χ0n) is 13.5. The number of benzene rings is 2. The van der Waals surface area contributed by atoms with Gasteiger partial charge in [-0.05, 0) is 36.2 Å². The van der Waals surface area contributed by atoms with E-state index in [9.17, 15) is 5.11 Å². The number of aryl methyl sites for hydroxylation is 1. The summed E-state index contributed by atoms with van der Waals surface area (Å²) < 4.78 is 0. The van der Waals surface area contributed by atoms with Crippen LogP contribution >= 0.6 is 0 Å². The van der Waals surface area contributed by atoms with Gasteiger partial charge in [-0.1, -0.05) is 42.5 Å². The van der Waals surface area contributed by atoms with E-state index in [2.05, 4.69) is 20.6 Å². The van der Waals surface area contributed by atoms with Crippen molar-refractivity contribution in [2.75, 3.05) is 17.2 Å². The third-order valence-electron chi connectivity index (χ3n) is 3.75. The fourth-order valence-corrected chi connectivity index (χ4v) is 2.53. The zero-order chi connectivity index (χ0) is 16.8. The van der Waals surface area contributed by atoms with Crippen molar-refractivity contribution in [3.05, 3.63) is 78.0 Å². The standard InChI is InChI=1S/C19H20N4O/c1-14-7-5-6-10-16(14)17(13-24)22-18-11-12-20-19(23-18)21-15-8-3-2-4-9-15/h2-12,17,24H,13H2,1H3,(H2,20,21,22,23). The lowest BCUT2D eigenvalue weighted by molar-refractivity contribution is 0.276. The summed E-state index contributed by atoms with van der Waals surface area (Å²) in [5, 5.41) is 16.2. The molecule has 1 unspecified atom stereocenters. The molecule has 1 heterocycles. The van der Waals surface area contributed by atoms with Gasteiger partial charge in [0.2, 0.25) is 5.95 Å². The second-order valence-electron chi connectivity index (χ2n) is 5.49. The fourth-order valence-electron chi connectivity index (χ4n) is 2.53. The van der Waals surface area contributed by atoms with Gasteiger partial charge in [0, 0.05) is 11.9 Å². The first-order chi connectivity index (χ1) is 11.8. The second kappa shape index (κ2) is 7.57. The molecule has 0 aliphatic rings. The van der Waals surface area contributed by atoms with Crippen LogP contribution < -0.4 is 10.6 Å². The molecule has 0 aliphatic heterocycles. The Morgan fingerprint density at radius 3 is 2.50 bits per heavy atom. The number of aromatic nitrogens is 2. The van der Waals surface area contributed by atoms with Crippen molar-refractivity contribution in [2.45, 2.75) is 13.0 Å². The van der Waals surface area contributed by atoms with E-state index in [0.717, 1.165) is 16.8 Å². The molecule has 1 atom stereocenters. The van der Waals surface area contributed by atoms with Crippen LogP contribution in [-0.2, 0) is 0 Å². The van der Waals surface area contributed by atoms with Crippen molar-refractivity contribution in [3.8, 4) is 0 Å². The minimum absolute atomic E-state index is 0.0176. The highest BCUT2D eigenvalue weighted by Gasteiger charge is 2.13. The van der Waals surface area contributed by atoms with Crippen molar-refractivity contribution in [1.82, 2.24) is 9.97 Å². The molecule has 0 fully saturated rings. The number of hydrogen-bond acceptors (Lipinski definition) is 5. The van der Waals surface area contributed by atoms with Gasteiger partial charge >= 0.3 is 0 Å². The number of aliphatic hydroxyl groups excluding tert-OH is 1. The maximum atomic E-state index is 9.75. The Labute approximate surface area is 141 Å². The maximum Gasteiger partial charge on any atom is 0.229 e. The number of nitrogens with zero attached hydrogens (tertiary/aromatic N) is 2. The van der Waals surface area contributed by atoms with Crippen LogP contribution in [0.2, 0.25) is 0 Å². The quantitative estimate of drug-likeness (QED) is 0.646. The summed E-state index contributed by atoms with van der Waals surface area (Å²) in [5.41, 5.74) is 3.10. The van der Waals surface area contributed by atoms with Crippen molar-refractivity contribution < 1.29 is 5.11 Å². The molecule has 3 rings (SSSR count). The lowest BCUT2D eigenvalue weighted by atomic mass is 10.0. The van der Waals surface area contributed by atoms with E-state index in [4.69, 9.17) is 0 Å². The first kappa shape index (κ1) is 16.0. The number of nitrogens with one attached hydrogen (secondary N) is 2. The summed E-state index contributed by atoms with van der Waals surface area (Å²) in [4.78, 5) is 8.70. The summed E-state index contributed by atoms with van der Waals surface area (Å²) in [6, 6.07) is 19.3. The first-order valence-electron chi connectivity index (χ1n) is 7.84. The topological polar surface area (TPSA) is 70.1 Å². The summed E-state index contributed by atoms with van der Waals surface area (Å²) in [6.07, 6.45) is 1.69. The molecular formula is C19H20N4O. The summed E-state index contributed by atoms with van der Waals surface area (Å²) in [5.74, 6) is 1.17. The van der Waals surface area contributed by atoms with E-state index >= 15 is 0 Å². The van der Waals surface area contributed by atoms with Gasteiger partial charge in [-0.3, -0.25) is 0 Å². The minimum atomic E-state index is -0.217. The Balaban J connectivity index is 1.77. The molecule has 0 spiro atoms. The average molecular weight is 320 g/mol. The van der Waals surface area contributed by atoms with Crippen molar-refractivity contribution in [1.29, 1.82) is 0 Å². The van der Waals surface area contributed by atoms with Gasteiger partial charge in [0.25, 0.3) is 0 Å². The number of aliphatic hydroxyl groups is 1. The van der Waals surface area contributed by atoms with Crippen LogP contribution in [0.5, 0.6) is 0 Å². The normalized spacial score (nSPS) is 11.8. The van der Waals surface area contributed by atoms with Crippen molar-refractivity contribution >= 4 is 17.5 Å². The molecule has 0 saturated heterocycles. The van der Waals surface area contributed by atoms with Crippen LogP contribution in [0.1, 0.15) is 17.2 Å². The van der Waals surface area contributed by atoms with Crippen LogP contribution in [0.3, 0.4) is 0 Å². The van der Waals surface area contributed by atoms with E-state index in [-0.39, 0.29) is 12.6 Å². The molecule has 3 N–H and O–H groups in total. The highest BCUT2D eigenvalue weighted by Crippen LogP contribution is 2.22. The Kier molecular flexibility index (Phi) is 5.03. The predicted molar refractivity (Wildman–Crippen MR) is 96.4 cm³/mol. The van der Waals surface area contributed by atoms with E-state index in [1.165, 1.54) is 0 Å². The van der Waals surface area contributed by atoms with Gasteiger partial charge in [0.15, 0.2) is 0 Å². The van der Waals surface area contributed by atoms with Gasteiger partial charge in [-0.25, -0.2) is 4.98 Å². The Morgan fingerprint density at radius 1 is 1.00 bits per heavy atom. The molecule has 1 aromatic heterocycles. The van der Waals surface area contributed by atoms with Gasteiger partial charge in [-0.15, -0.1) is 0 Å². The average Bonchev–Trinajstić information content (AvgIpc) is 2.62. The second-order valence-corrected chi connectivity index (χ2v) is 5.49. The molecule has 5 heteroatoms. The summed E-state index contributed by atoms with van der Waals surface area (Å²) in [7, 11) is 0. The molecule has 122 valence electrons. The number of hydrogen-bond donors (Lipinski definition) is 3. The number of para-hydroxylation sites is 1. The van der Waals surface area contributed by atoms with Gasteiger partial charge in [0.05, 0.1) is 12.6 Å². The van der Waals surface area contributed by atoms with E-state index in [0.29, 0.717) is 11.8 Å². The predicted octanol–water partition coefficient (Wildman–Crippen LogP) is 3.67. The van der Waals surface area contributed by atoms with Crippen molar-refractivity contribution in [2.24, 2.45) is 0 Å². The van der Waals surface area contributed by atoms with Crippen LogP contribution in [-0.4, -0.2) is 21.7 Å². The van der Waals surface area contributed by atoms with E-state index in [1.807, 2.05) is 61.5 Å². The Morgan fingerprint density at radius 2 is 1.75 bits per heavy atom. The Bertz CT molecular complexity index is 792. The molecule has 0 saturated carbocycles. The fraction of sp³-hybridized carbons (Fsp3) is 0.158.